The van der Waals surface area contributed by atoms with Crippen LogP contribution in [0, 0.1) is 5.92 Å². The Labute approximate surface area is 97.9 Å². The Morgan fingerprint density at radius 1 is 1.00 bits per heavy atom. The molecule has 0 amide bonds. The summed E-state index contributed by atoms with van der Waals surface area (Å²) in [5.74, 6) is 0.810. The van der Waals surface area contributed by atoms with E-state index in [9.17, 15) is 0 Å². The second-order valence-corrected chi connectivity index (χ2v) is 5.61. The van der Waals surface area contributed by atoms with Crippen LogP contribution in [0.2, 0.25) is 0 Å². The summed E-state index contributed by atoms with van der Waals surface area (Å²) in [6, 6.07) is 11.1. The topological polar surface area (TPSA) is 6.48 Å². The van der Waals surface area contributed by atoms with E-state index >= 15 is 0 Å². The number of fused-ring (bicyclic) bond motifs is 1. The van der Waals surface area contributed by atoms with Gasteiger partial charge in [0.25, 0.3) is 0 Å². The minimum Gasteiger partial charge on any atom is -0.305 e. The largest absolute Gasteiger partial charge is 0.305 e. The maximum Gasteiger partial charge on any atom is 0.0260 e. The van der Waals surface area contributed by atoms with Crippen LogP contribution in [-0.4, -0.2) is 50.1 Å². The summed E-state index contributed by atoms with van der Waals surface area (Å²) < 4.78 is 0. The van der Waals surface area contributed by atoms with Crippen molar-refractivity contribution in [3.63, 3.8) is 0 Å². The minimum atomic E-state index is 0.394. The van der Waals surface area contributed by atoms with Crippen LogP contribution in [0.1, 0.15) is 5.56 Å². The predicted octanol–water partition coefficient (Wildman–Crippen LogP) is 1.43. The van der Waals surface area contributed by atoms with E-state index in [1.807, 2.05) is 0 Å². The van der Waals surface area contributed by atoms with Crippen LogP contribution >= 0.6 is 0 Å². The van der Waals surface area contributed by atoms with Gasteiger partial charge in [0.15, 0.2) is 0 Å². The number of rotatable bonds is 1. The summed E-state index contributed by atoms with van der Waals surface area (Å²) in [5.41, 5.74) is 1.93. The van der Waals surface area contributed by atoms with Gasteiger partial charge in [-0.2, -0.15) is 0 Å². The van der Waals surface area contributed by atoms with Crippen molar-refractivity contribution in [3.8, 4) is 0 Å². The molecule has 2 saturated heterocycles. The fourth-order valence-corrected chi connectivity index (χ4v) is 3.75. The minimum absolute atomic E-state index is 0.394. The molecular formula is C14H20N2. The number of hydrogen-bond acceptors (Lipinski definition) is 2. The molecule has 0 unspecified atom stereocenters. The third-order valence-corrected chi connectivity index (χ3v) is 4.30. The van der Waals surface area contributed by atoms with Crippen molar-refractivity contribution in [1.29, 1.82) is 0 Å². The number of benzene rings is 1. The third-order valence-electron chi connectivity index (χ3n) is 4.30. The molecule has 0 spiro atoms. The molecule has 3 rings (SSSR count). The molecule has 2 heterocycles. The van der Waals surface area contributed by atoms with Crippen LogP contribution in [0.4, 0.5) is 0 Å². The number of likely N-dealkylation sites (tertiary alicyclic amines) is 2. The van der Waals surface area contributed by atoms with E-state index in [1.165, 1.54) is 31.7 Å². The first kappa shape index (κ1) is 10.3. The molecule has 0 aliphatic carbocycles. The highest BCUT2D eigenvalue weighted by Crippen LogP contribution is 2.43. The summed E-state index contributed by atoms with van der Waals surface area (Å²) in [5, 5.41) is 0. The van der Waals surface area contributed by atoms with Gasteiger partial charge in [0.2, 0.25) is 0 Å². The van der Waals surface area contributed by atoms with Crippen molar-refractivity contribution >= 4 is 0 Å². The first-order valence-electron chi connectivity index (χ1n) is 6.13. The van der Waals surface area contributed by atoms with Crippen LogP contribution in [0.25, 0.3) is 0 Å². The molecule has 2 nitrogen and oxygen atoms in total. The number of nitrogens with zero attached hydrogens (tertiary/aromatic N) is 2. The molecule has 1 aromatic carbocycles. The Morgan fingerprint density at radius 3 is 2.12 bits per heavy atom. The van der Waals surface area contributed by atoms with E-state index in [1.54, 1.807) is 0 Å². The number of likely N-dealkylation sites (N-methyl/N-ethyl adjacent to an activating group) is 2. The van der Waals surface area contributed by atoms with Crippen LogP contribution in [-0.2, 0) is 5.41 Å². The summed E-state index contributed by atoms with van der Waals surface area (Å²) >= 11 is 0. The molecule has 16 heavy (non-hydrogen) atoms. The average Bonchev–Trinajstić information content (AvgIpc) is 2.71. The van der Waals surface area contributed by atoms with Crippen LogP contribution in [0.15, 0.2) is 30.3 Å². The van der Waals surface area contributed by atoms with E-state index in [-0.39, 0.29) is 0 Å². The molecule has 0 radical (unpaired) electrons. The third kappa shape index (κ3) is 1.40. The molecule has 0 aromatic heterocycles. The first-order chi connectivity index (χ1) is 7.71. The lowest BCUT2D eigenvalue weighted by Gasteiger charge is -2.29. The first-order valence-corrected chi connectivity index (χ1v) is 6.13. The van der Waals surface area contributed by atoms with Gasteiger partial charge in [0.05, 0.1) is 0 Å². The summed E-state index contributed by atoms with van der Waals surface area (Å²) in [6.45, 7) is 4.93. The van der Waals surface area contributed by atoms with Gasteiger partial charge in [-0.3, -0.25) is 0 Å². The molecule has 2 heteroatoms. The lowest BCUT2D eigenvalue weighted by molar-refractivity contribution is 0.304. The zero-order valence-electron chi connectivity index (χ0n) is 10.2. The Kier molecular flexibility index (Phi) is 2.30. The van der Waals surface area contributed by atoms with Gasteiger partial charge in [0, 0.05) is 31.6 Å². The second-order valence-electron chi connectivity index (χ2n) is 5.61. The molecule has 86 valence electrons. The molecule has 2 aliphatic heterocycles. The van der Waals surface area contributed by atoms with Crippen molar-refractivity contribution < 1.29 is 0 Å². The SMILES string of the molecule is CN1CC2CN(C)CC2(c2ccccc2)C1. The van der Waals surface area contributed by atoms with Crippen LogP contribution in [0.5, 0.6) is 0 Å². The van der Waals surface area contributed by atoms with Gasteiger partial charge in [-0.05, 0) is 25.6 Å². The van der Waals surface area contributed by atoms with Crippen molar-refractivity contribution in [2.45, 2.75) is 5.41 Å². The van der Waals surface area contributed by atoms with Crippen LogP contribution in [0.3, 0.4) is 0 Å². The van der Waals surface area contributed by atoms with Gasteiger partial charge >= 0.3 is 0 Å². The van der Waals surface area contributed by atoms with E-state index in [4.69, 9.17) is 0 Å². The summed E-state index contributed by atoms with van der Waals surface area (Å²) in [7, 11) is 4.51. The average molecular weight is 216 g/mol. The molecule has 0 N–H and O–H groups in total. The van der Waals surface area contributed by atoms with Crippen molar-refractivity contribution in [2.75, 3.05) is 40.3 Å². The highest BCUT2D eigenvalue weighted by Gasteiger charge is 2.51. The molecule has 2 aliphatic rings. The second kappa shape index (κ2) is 3.57. The Hall–Kier alpha value is -0.860. The maximum atomic E-state index is 2.49. The summed E-state index contributed by atoms with van der Waals surface area (Å²) in [4.78, 5) is 4.98. The van der Waals surface area contributed by atoms with E-state index in [0.717, 1.165) is 5.92 Å². The van der Waals surface area contributed by atoms with Crippen molar-refractivity contribution in [2.24, 2.45) is 5.92 Å². The Balaban J connectivity index is 2.01. The number of hydrogen-bond donors (Lipinski definition) is 0. The Bertz CT molecular complexity index is 360. The molecule has 0 bridgehead atoms. The van der Waals surface area contributed by atoms with Gasteiger partial charge < -0.3 is 9.80 Å². The highest BCUT2D eigenvalue weighted by atomic mass is 15.2. The molecule has 0 saturated carbocycles. The highest BCUT2D eigenvalue weighted by molar-refractivity contribution is 5.31. The maximum absolute atomic E-state index is 2.49. The lowest BCUT2D eigenvalue weighted by Crippen LogP contribution is -2.36. The Morgan fingerprint density at radius 2 is 1.56 bits per heavy atom. The lowest BCUT2D eigenvalue weighted by atomic mass is 9.75. The quantitative estimate of drug-likeness (QED) is 0.701. The molecule has 0 atom stereocenters. The van der Waals surface area contributed by atoms with Gasteiger partial charge in [-0.15, -0.1) is 0 Å². The standard InChI is InChI=1S/C14H20N2/c1-15-8-13-9-16(2)11-14(13,10-15)12-6-4-3-5-7-12/h3-7,13H,8-11H2,1-2H3. The smallest absolute Gasteiger partial charge is 0.0260 e. The van der Waals surface area contributed by atoms with Crippen molar-refractivity contribution in [3.05, 3.63) is 35.9 Å². The zero-order valence-corrected chi connectivity index (χ0v) is 10.2. The van der Waals surface area contributed by atoms with E-state index in [0.29, 0.717) is 5.41 Å². The fraction of sp³-hybridized carbons (Fsp3) is 0.571. The van der Waals surface area contributed by atoms with Gasteiger partial charge in [0.1, 0.15) is 0 Å². The van der Waals surface area contributed by atoms with Crippen molar-refractivity contribution in [1.82, 2.24) is 9.80 Å². The van der Waals surface area contributed by atoms with E-state index < -0.39 is 0 Å². The molecule has 2 fully saturated rings. The van der Waals surface area contributed by atoms with Gasteiger partial charge in [-0.1, -0.05) is 30.3 Å². The zero-order chi connectivity index (χ0) is 11.2. The van der Waals surface area contributed by atoms with Crippen LogP contribution < -0.4 is 0 Å². The molecule has 1 aromatic rings. The normalized spacial score (nSPS) is 35.5. The molecular weight excluding hydrogens is 196 g/mol. The van der Waals surface area contributed by atoms with Gasteiger partial charge in [-0.25, -0.2) is 0 Å². The fourth-order valence-electron chi connectivity index (χ4n) is 3.75. The monoisotopic (exact) mass is 216 g/mol. The predicted molar refractivity (Wildman–Crippen MR) is 66.6 cm³/mol. The van der Waals surface area contributed by atoms with E-state index in [2.05, 4.69) is 54.2 Å². The summed E-state index contributed by atoms with van der Waals surface area (Å²) in [6.07, 6.45) is 0.